The predicted octanol–water partition coefficient (Wildman–Crippen LogP) is 1.22. The highest BCUT2D eigenvalue weighted by Gasteiger charge is 2.32. The summed E-state index contributed by atoms with van der Waals surface area (Å²) in [6, 6.07) is -0.319. The van der Waals surface area contributed by atoms with Crippen LogP contribution in [-0.4, -0.2) is 57.8 Å². The molecule has 0 radical (unpaired) electrons. The van der Waals surface area contributed by atoms with Crippen molar-refractivity contribution >= 4 is 21.4 Å². The highest BCUT2D eigenvalue weighted by atomic mass is 32.2. The Morgan fingerprint density at radius 1 is 1.38 bits per heavy atom. The molecule has 21 heavy (non-hydrogen) atoms. The Labute approximate surface area is 130 Å². The Kier molecular flexibility index (Phi) is 7.25. The zero-order valence-electron chi connectivity index (χ0n) is 12.8. The summed E-state index contributed by atoms with van der Waals surface area (Å²) in [6.07, 6.45) is 0. The van der Waals surface area contributed by atoms with E-state index in [2.05, 4.69) is 0 Å². The number of thiophene rings is 1. The van der Waals surface area contributed by atoms with E-state index in [4.69, 9.17) is 9.47 Å². The molecule has 0 spiro atoms. The Hall–Kier alpha value is -0.510. The fourth-order valence-electron chi connectivity index (χ4n) is 2.14. The minimum atomic E-state index is -3.70. The van der Waals surface area contributed by atoms with E-state index in [1.807, 2.05) is 0 Å². The first-order chi connectivity index (χ1) is 9.89. The lowest BCUT2D eigenvalue weighted by Crippen LogP contribution is -2.43. The Morgan fingerprint density at radius 3 is 2.57 bits per heavy atom. The van der Waals surface area contributed by atoms with Crippen LogP contribution in [0.25, 0.3) is 0 Å². The van der Waals surface area contributed by atoms with E-state index >= 15 is 0 Å². The van der Waals surface area contributed by atoms with Crippen LogP contribution in [0.15, 0.2) is 10.3 Å². The summed E-state index contributed by atoms with van der Waals surface area (Å²) in [5.74, 6) is 0. The standard InChI is InChI=1S/C13H23NO5S2/c1-10-9-20-12(7-15)13(10)21(16,17)14(5-6-18-3)11(2)8-19-4/h9,11,15H,5-8H2,1-4H3. The van der Waals surface area contributed by atoms with Gasteiger partial charge in [0.1, 0.15) is 4.90 Å². The second kappa shape index (κ2) is 8.21. The van der Waals surface area contributed by atoms with E-state index < -0.39 is 10.0 Å². The van der Waals surface area contributed by atoms with Crippen molar-refractivity contribution in [2.45, 2.75) is 31.4 Å². The minimum Gasteiger partial charge on any atom is -0.391 e. The van der Waals surface area contributed by atoms with Gasteiger partial charge in [0.2, 0.25) is 10.0 Å². The van der Waals surface area contributed by atoms with Crippen molar-refractivity contribution in [1.29, 1.82) is 0 Å². The van der Waals surface area contributed by atoms with Gasteiger partial charge < -0.3 is 14.6 Å². The number of hydrogen-bond donors (Lipinski definition) is 1. The minimum absolute atomic E-state index is 0.203. The van der Waals surface area contributed by atoms with Crippen LogP contribution in [0.5, 0.6) is 0 Å². The van der Waals surface area contributed by atoms with Crippen LogP contribution >= 0.6 is 11.3 Å². The molecule has 0 aromatic carbocycles. The molecule has 8 heteroatoms. The van der Waals surface area contributed by atoms with Crippen LogP contribution in [0, 0.1) is 6.92 Å². The number of rotatable bonds is 9. The molecule has 1 aromatic rings. The molecule has 6 nitrogen and oxygen atoms in total. The molecule has 122 valence electrons. The summed E-state index contributed by atoms with van der Waals surface area (Å²) in [6.45, 7) is 4.06. The molecule has 1 N–H and O–H groups in total. The Balaban J connectivity index is 3.22. The highest BCUT2D eigenvalue weighted by Crippen LogP contribution is 2.30. The van der Waals surface area contributed by atoms with Gasteiger partial charge in [-0.25, -0.2) is 8.42 Å². The molecular weight excluding hydrogens is 314 g/mol. The Bertz CT molecular complexity index is 541. The third kappa shape index (κ3) is 4.24. The van der Waals surface area contributed by atoms with Crippen LogP contribution < -0.4 is 0 Å². The molecule has 0 aliphatic rings. The van der Waals surface area contributed by atoms with E-state index in [0.717, 1.165) is 0 Å². The number of aliphatic hydroxyl groups is 1. The van der Waals surface area contributed by atoms with Gasteiger partial charge in [0.25, 0.3) is 0 Å². The van der Waals surface area contributed by atoms with Gasteiger partial charge >= 0.3 is 0 Å². The molecule has 1 atom stereocenters. The third-order valence-corrected chi connectivity index (χ3v) is 6.58. The highest BCUT2D eigenvalue weighted by molar-refractivity contribution is 7.89. The first-order valence-electron chi connectivity index (χ1n) is 6.57. The van der Waals surface area contributed by atoms with Crippen LogP contribution in [-0.2, 0) is 26.1 Å². The topological polar surface area (TPSA) is 76.1 Å². The smallest absolute Gasteiger partial charge is 0.244 e. The number of nitrogens with zero attached hydrogens (tertiary/aromatic N) is 1. The van der Waals surface area contributed by atoms with Crippen molar-refractivity contribution in [3.8, 4) is 0 Å². The van der Waals surface area contributed by atoms with Crippen LogP contribution in [0.1, 0.15) is 17.4 Å². The SMILES string of the molecule is COCCN(C(C)COC)S(=O)(=O)c1c(C)csc1CO. The lowest BCUT2D eigenvalue weighted by atomic mass is 10.3. The maximum atomic E-state index is 12.9. The van der Waals surface area contributed by atoms with Crippen molar-refractivity contribution in [3.05, 3.63) is 15.8 Å². The lowest BCUT2D eigenvalue weighted by molar-refractivity contribution is 0.119. The van der Waals surface area contributed by atoms with Crippen molar-refractivity contribution < 1.29 is 23.0 Å². The average Bonchev–Trinajstić information content (AvgIpc) is 2.81. The molecule has 0 fully saturated rings. The normalized spacial score (nSPS) is 13.8. The molecule has 1 rings (SSSR count). The first kappa shape index (κ1) is 18.5. The molecule has 1 heterocycles. The van der Waals surface area contributed by atoms with E-state index in [1.165, 1.54) is 29.9 Å². The number of hydrogen-bond acceptors (Lipinski definition) is 6. The number of ether oxygens (including phenoxy) is 2. The maximum absolute atomic E-state index is 12.9. The fraction of sp³-hybridized carbons (Fsp3) is 0.692. The van der Waals surface area contributed by atoms with Gasteiger partial charge in [-0.3, -0.25) is 0 Å². The maximum Gasteiger partial charge on any atom is 0.244 e. The summed E-state index contributed by atoms with van der Waals surface area (Å²) < 4.78 is 37.3. The van der Waals surface area contributed by atoms with E-state index in [1.54, 1.807) is 19.2 Å². The van der Waals surface area contributed by atoms with Gasteiger partial charge in [0.05, 0.1) is 24.7 Å². The molecule has 1 aromatic heterocycles. The largest absolute Gasteiger partial charge is 0.391 e. The summed E-state index contributed by atoms with van der Waals surface area (Å²) in [4.78, 5) is 0.661. The summed E-state index contributed by atoms with van der Waals surface area (Å²) in [5.41, 5.74) is 0.649. The number of sulfonamides is 1. The van der Waals surface area contributed by atoms with Crippen LogP contribution in [0.3, 0.4) is 0 Å². The van der Waals surface area contributed by atoms with Crippen molar-refractivity contribution in [2.24, 2.45) is 0 Å². The second-order valence-electron chi connectivity index (χ2n) is 4.74. The van der Waals surface area contributed by atoms with Gasteiger partial charge in [-0.2, -0.15) is 4.31 Å². The summed E-state index contributed by atoms with van der Waals surface area (Å²) in [7, 11) is -0.638. The van der Waals surface area contributed by atoms with Crippen molar-refractivity contribution in [3.63, 3.8) is 0 Å². The van der Waals surface area contributed by atoms with E-state index in [0.29, 0.717) is 23.7 Å². The summed E-state index contributed by atoms with van der Waals surface area (Å²) >= 11 is 1.25. The zero-order chi connectivity index (χ0) is 16.0. The molecule has 0 amide bonds. The van der Waals surface area contributed by atoms with Gasteiger partial charge in [-0.05, 0) is 24.8 Å². The van der Waals surface area contributed by atoms with E-state index in [9.17, 15) is 13.5 Å². The fourth-order valence-corrected chi connectivity index (χ4v) is 5.36. The number of aryl methyl sites for hydroxylation is 1. The molecule has 0 bridgehead atoms. The Morgan fingerprint density at radius 2 is 2.05 bits per heavy atom. The molecule has 0 aliphatic carbocycles. The van der Waals surface area contributed by atoms with Crippen LogP contribution in [0.2, 0.25) is 0 Å². The van der Waals surface area contributed by atoms with Crippen molar-refractivity contribution in [2.75, 3.05) is 34.0 Å². The average molecular weight is 337 g/mol. The molecule has 0 saturated heterocycles. The van der Waals surface area contributed by atoms with E-state index in [-0.39, 0.29) is 24.1 Å². The number of aliphatic hydroxyl groups excluding tert-OH is 1. The lowest BCUT2D eigenvalue weighted by Gasteiger charge is -2.28. The molecular formula is C13H23NO5S2. The molecule has 0 aliphatic heterocycles. The third-order valence-electron chi connectivity index (χ3n) is 3.11. The molecule has 0 saturated carbocycles. The predicted molar refractivity (Wildman–Crippen MR) is 82.1 cm³/mol. The zero-order valence-corrected chi connectivity index (χ0v) is 14.5. The quantitative estimate of drug-likeness (QED) is 0.733. The number of methoxy groups -OCH3 is 2. The summed E-state index contributed by atoms with van der Waals surface area (Å²) in [5, 5.41) is 11.1. The first-order valence-corrected chi connectivity index (χ1v) is 8.89. The van der Waals surface area contributed by atoms with Crippen LogP contribution in [0.4, 0.5) is 0 Å². The van der Waals surface area contributed by atoms with Crippen molar-refractivity contribution in [1.82, 2.24) is 4.31 Å². The van der Waals surface area contributed by atoms with Gasteiger partial charge in [-0.15, -0.1) is 11.3 Å². The molecule has 1 unspecified atom stereocenters. The second-order valence-corrected chi connectivity index (χ2v) is 7.53. The van der Waals surface area contributed by atoms with Gasteiger partial charge in [-0.1, -0.05) is 0 Å². The monoisotopic (exact) mass is 337 g/mol. The van der Waals surface area contributed by atoms with Gasteiger partial charge in [0, 0.05) is 26.8 Å². The van der Waals surface area contributed by atoms with Gasteiger partial charge in [0.15, 0.2) is 0 Å².